The molecule has 0 saturated heterocycles. The first-order chi connectivity index (χ1) is 10.5. The first-order valence-electron chi connectivity index (χ1n) is 6.84. The summed E-state index contributed by atoms with van der Waals surface area (Å²) in [6, 6.07) is 7.14. The number of rotatable bonds is 5. The second kappa shape index (κ2) is 5.90. The van der Waals surface area contributed by atoms with Crippen LogP contribution < -0.4 is 0 Å². The lowest BCUT2D eigenvalue weighted by molar-refractivity contribution is -0.140. The molecule has 4 nitrogen and oxygen atoms in total. The number of carbonyl (C=O) groups is 2. The van der Waals surface area contributed by atoms with Crippen LogP contribution in [0.2, 0.25) is 0 Å². The fourth-order valence-electron chi connectivity index (χ4n) is 3.17. The second-order valence-corrected chi connectivity index (χ2v) is 5.20. The van der Waals surface area contributed by atoms with Crippen molar-refractivity contribution in [3.05, 3.63) is 53.1 Å². The van der Waals surface area contributed by atoms with Gasteiger partial charge in [0, 0.05) is 11.0 Å². The maximum absolute atomic E-state index is 11.4. The van der Waals surface area contributed by atoms with E-state index < -0.39 is 17.4 Å². The van der Waals surface area contributed by atoms with Crippen molar-refractivity contribution in [1.82, 2.24) is 0 Å². The molecule has 1 aromatic rings. The quantitative estimate of drug-likeness (QED) is 0.819. The molecular weight excluding hydrogens is 280 g/mol. The van der Waals surface area contributed by atoms with Crippen LogP contribution in [0, 0.1) is 12.3 Å². The molecule has 0 aromatic heterocycles. The maximum atomic E-state index is 11.4. The maximum Gasteiger partial charge on any atom is 0.304 e. The third-order valence-corrected chi connectivity index (χ3v) is 3.88. The van der Waals surface area contributed by atoms with Gasteiger partial charge in [-0.3, -0.25) is 9.59 Å². The van der Waals surface area contributed by atoms with E-state index in [1.165, 1.54) is 0 Å². The smallest absolute Gasteiger partial charge is 0.304 e. The lowest BCUT2D eigenvalue weighted by Gasteiger charge is -2.29. The largest absolute Gasteiger partial charge is 0.481 e. The van der Waals surface area contributed by atoms with Crippen LogP contribution in [0.5, 0.6) is 0 Å². The molecule has 2 N–H and O–H groups in total. The summed E-state index contributed by atoms with van der Waals surface area (Å²) in [5.41, 5.74) is 1.42. The Bertz CT molecular complexity index is 716. The molecular formula is C18H16O4. The van der Waals surface area contributed by atoms with Gasteiger partial charge in [-0.05, 0) is 23.6 Å². The zero-order valence-electron chi connectivity index (χ0n) is 12.2. The number of hydrogen-bond acceptors (Lipinski definition) is 2. The second-order valence-electron chi connectivity index (χ2n) is 5.20. The molecule has 4 heteroatoms. The van der Waals surface area contributed by atoms with E-state index in [4.69, 9.17) is 6.42 Å². The van der Waals surface area contributed by atoms with Crippen LogP contribution >= 0.6 is 0 Å². The van der Waals surface area contributed by atoms with Crippen molar-refractivity contribution in [2.75, 3.05) is 0 Å². The molecule has 0 atom stereocenters. The molecule has 22 heavy (non-hydrogen) atoms. The third-order valence-electron chi connectivity index (χ3n) is 3.88. The van der Waals surface area contributed by atoms with Crippen LogP contribution in [0.1, 0.15) is 30.9 Å². The SMILES string of the molecule is C#CC1=C(/C=C\C)C(CC(=O)O)(CC(=O)O)c2ccccc21. The number of carboxylic acids is 2. The number of fused-ring (bicyclic) bond motifs is 1. The number of carboxylic acid groups (broad SMARTS) is 2. The molecule has 1 aromatic carbocycles. The molecule has 0 fully saturated rings. The highest BCUT2D eigenvalue weighted by molar-refractivity contribution is 5.94. The van der Waals surface area contributed by atoms with Crippen LogP contribution in [0.15, 0.2) is 42.0 Å². The molecule has 0 spiro atoms. The van der Waals surface area contributed by atoms with Gasteiger partial charge < -0.3 is 10.2 Å². The van der Waals surface area contributed by atoms with Crippen molar-refractivity contribution in [1.29, 1.82) is 0 Å². The lowest BCUT2D eigenvalue weighted by atomic mass is 9.71. The summed E-state index contributed by atoms with van der Waals surface area (Å²) in [6.45, 7) is 1.79. The molecule has 0 heterocycles. The first kappa shape index (κ1) is 15.6. The van der Waals surface area contributed by atoms with Gasteiger partial charge in [0.2, 0.25) is 0 Å². The fourth-order valence-corrected chi connectivity index (χ4v) is 3.17. The number of allylic oxidation sites excluding steroid dienone is 4. The minimum absolute atomic E-state index is 0.318. The van der Waals surface area contributed by atoms with Gasteiger partial charge in [0.1, 0.15) is 0 Å². The zero-order chi connectivity index (χ0) is 16.3. The zero-order valence-corrected chi connectivity index (χ0v) is 12.2. The van der Waals surface area contributed by atoms with E-state index in [1.54, 1.807) is 43.3 Å². The predicted molar refractivity (Wildman–Crippen MR) is 83.2 cm³/mol. The van der Waals surface area contributed by atoms with Crippen LogP contribution in [0.4, 0.5) is 0 Å². The van der Waals surface area contributed by atoms with Crippen LogP contribution in [0.25, 0.3) is 5.57 Å². The van der Waals surface area contributed by atoms with Crippen molar-refractivity contribution < 1.29 is 19.8 Å². The van der Waals surface area contributed by atoms with Gasteiger partial charge in [-0.2, -0.15) is 0 Å². The average Bonchev–Trinajstić information content (AvgIpc) is 2.68. The van der Waals surface area contributed by atoms with Crippen molar-refractivity contribution in [3.8, 4) is 12.3 Å². The Kier molecular flexibility index (Phi) is 4.18. The van der Waals surface area contributed by atoms with Crippen LogP contribution in [-0.2, 0) is 15.0 Å². The van der Waals surface area contributed by atoms with E-state index in [0.717, 1.165) is 5.56 Å². The van der Waals surface area contributed by atoms with E-state index in [9.17, 15) is 19.8 Å². The van der Waals surface area contributed by atoms with E-state index in [-0.39, 0.29) is 12.8 Å². The molecule has 0 unspecified atom stereocenters. The molecule has 0 saturated carbocycles. The minimum Gasteiger partial charge on any atom is -0.481 e. The number of terminal acetylenes is 1. The highest BCUT2D eigenvalue weighted by Crippen LogP contribution is 2.51. The van der Waals surface area contributed by atoms with Crippen LogP contribution in [0.3, 0.4) is 0 Å². The van der Waals surface area contributed by atoms with Gasteiger partial charge in [-0.25, -0.2) is 0 Å². The van der Waals surface area contributed by atoms with E-state index >= 15 is 0 Å². The molecule has 1 aliphatic carbocycles. The third kappa shape index (κ3) is 2.42. The monoisotopic (exact) mass is 296 g/mol. The Balaban J connectivity index is 2.82. The standard InChI is InChI=1S/C18H16O4/c1-3-7-14-12(4-2)13-8-5-6-9-15(13)18(14,10-16(19)20)11-17(21)22/h2-3,5-9H,10-11H2,1H3,(H,19,20)(H,21,22)/b7-3-. The number of aliphatic carboxylic acids is 2. The van der Waals surface area contributed by atoms with Crippen LogP contribution in [-0.4, -0.2) is 22.2 Å². The molecule has 0 amide bonds. The van der Waals surface area contributed by atoms with Crippen molar-refractivity contribution in [2.24, 2.45) is 0 Å². The lowest BCUT2D eigenvalue weighted by Crippen LogP contribution is -2.32. The first-order valence-corrected chi connectivity index (χ1v) is 6.84. The molecule has 2 rings (SSSR count). The van der Waals surface area contributed by atoms with E-state index in [1.807, 2.05) is 0 Å². The molecule has 0 radical (unpaired) electrons. The van der Waals surface area contributed by atoms with Gasteiger partial charge in [0.05, 0.1) is 12.8 Å². The normalized spacial score (nSPS) is 15.6. The minimum atomic E-state index is -1.14. The summed E-state index contributed by atoms with van der Waals surface area (Å²) in [5.74, 6) is 0.481. The summed E-state index contributed by atoms with van der Waals surface area (Å²) in [6.07, 6.45) is 8.45. The summed E-state index contributed by atoms with van der Waals surface area (Å²) < 4.78 is 0. The predicted octanol–water partition coefficient (Wildman–Crippen LogP) is 2.85. The Labute approximate surface area is 128 Å². The van der Waals surface area contributed by atoms with Gasteiger partial charge in [-0.1, -0.05) is 42.3 Å². The number of benzene rings is 1. The van der Waals surface area contributed by atoms with Gasteiger partial charge in [-0.15, -0.1) is 6.42 Å². The molecule has 0 bridgehead atoms. The average molecular weight is 296 g/mol. The Morgan fingerprint density at radius 2 is 1.82 bits per heavy atom. The highest BCUT2D eigenvalue weighted by Gasteiger charge is 2.46. The Morgan fingerprint density at radius 1 is 1.23 bits per heavy atom. The van der Waals surface area contributed by atoms with Gasteiger partial charge in [0.15, 0.2) is 0 Å². The summed E-state index contributed by atoms with van der Waals surface area (Å²) in [7, 11) is 0. The van der Waals surface area contributed by atoms with Gasteiger partial charge >= 0.3 is 11.9 Å². The number of hydrogen-bond donors (Lipinski definition) is 2. The molecule has 112 valence electrons. The Morgan fingerprint density at radius 3 is 2.32 bits per heavy atom. The Hall–Kier alpha value is -2.80. The summed E-state index contributed by atoms with van der Waals surface area (Å²) >= 11 is 0. The van der Waals surface area contributed by atoms with Crippen molar-refractivity contribution in [3.63, 3.8) is 0 Å². The molecule has 1 aliphatic rings. The van der Waals surface area contributed by atoms with Crippen molar-refractivity contribution in [2.45, 2.75) is 25.2 Å². The van der Waals surface area contributed by atoms with E-state index in [2.05, 4.69) is 5.92 Å². The fraction of sp³-hybridized carbons (Fsp3) is 0.222. The molecule has 0 aliphatic heterocycles. The van der Waals surface area contributed by atoms with Crippen molar-refractivity contribution >= 4 is 17.5 Å². The topological polar surface area (TPSA) is 74.6 Å². The summed E-state index contributed by atoms with van der Waals surface area (Å²) in [4.78, 5) is 22.8. The van der Waals surface area contributed by atoms with Gasteiger partial charge in [0.25, 0.3) is 0 Å². The van der Waals surface area contributed by atoms with E-state index in [0.29, 0.717) is 16.7 Å². The summed E-state index contributed by atoms with van der Waals surface area (Å²) in [5, 5.41) is 18.7. The highest BCUT2D eigenvalue weighted by atomic mass is 16.4.